The number of rotatable bonds is 5. The van der Waals surface area contributed by atoms with Crippen LogP contribution < -0.4 is 4.90 Å². The zero-order valence-corrected chi connectivity index (χ0v) is 23.5. The quantitative estimate of drug-likeness (QED) is 0.155. The van der Waals surface area contributed by atoms with Gasteiger partial charge in [0.05, 0.1) is 33.5 Å². The van der Waals surface area contributed by atoms with E-state index < -0.39 is 0 Å². The zero-order valence-electron chi connectivity index (χ0n) is 23.5. The SMILES string of the molecule is O=C(c1ccccc1)c1ccc2c(c1)c1ccccc1n2-c1cccc2c1C(=O)N(c1ccc(-c3ccccc3)cc1)C2=O. The minimum Gasteiger partial charge on any atom is -0.308 e. The van der Waals surface area contributed by atoms with Crippen molar-refractivity contribution in [1.82, 2.24) is 4.57 Å². The second-order valence-electron chi connectivity index (χ2n) is 10.8. The molecule has 0 bridgehead atoms. The summed E-state index contributed by atoms with van der Waals surface area (Å²) in [7, 11) is 0. The van der Waals surface area contributed by atoms with Gasteiger partial charge in [0.25, 0.3) is 11.8 Å². The highest BCUT2D eigenvalue weighted by Crippen LogP contribution is 2.38. The summed E-state index contributed by atoms with van der Waals surface area (Å²) in [5, 5.41) is 1.85. The molecule has 5 heteroatoms. The number of nitrogens with zero attached hydrogens (tertiary/aromatic N) is 2. The molecule has 0 radical (unpaired) electrons. The fourth-order valence-electron chi connectivity index (χ4n) is 6.25. The lowest BCUT2D eigenvalue weighted by molar-refractivity contribution is 0.0925. The molecule has 0 saturated carbocycles. The molecule has 2 heterocycles. The van der Waals surface area contributed by atoms with Gasteiger partial charge in [0, 0.05) is 21.9 Å². The van der Waals surface area contributed by atoms with Gasteiger partial charge < -0.3 is 4.57 Å². The van der Waals surface area contributed by atoms with Crippen LogP contribution in [0.1, 0.15) is 36.6 Å². The Balaban J connectivity index is 1.25. The van der Waals surface area contributed by atoms with E-state index in [-0.39, 0.29) is 17.6 Å². The predicted octanol–water partition coefficient (Wildman–Crippen LogP) is 8.48. The standard InChI is InChI=1S/C39H24N2O3/c42-37(27-12-5-2-6-13-27)28-20-23-34-32(24-28)30-14-7-8-16-33(30)41(34)35-17-9-15-31-36(35)39(44)40(38(31)43)29-21-18-26(19-22-29)25-10-3-1-4-11-25/h1-24H. The lowest BCUT2D eigenvalue weighted by atomic mass is 10.0. The van der Waals surface area contributed by atoms with E-state index in [4.69, 9.17) is 0 Å². The van der Waals surface area contributed by atoms with Crippen LogP contribution in [-0.2, 0) is 0 Å². The number of carbonyl (C=O) groups is 3. The van der Waals surface area contributed by atoms with Gasteiger partial charge in [0.1, 0.15) is 0 Å². The molecule has 208 valence electrons. The van der Waals surface area contributed by atoms with Crippen LogP contribution in [0.2, 0.25) is 0 Å². The third kappa shape index (κ3) is 3.91. The molecule has 0 spiro atoms. The van der Waals surface area contributed by atoms with Crippen molar-refractivity contribution < 1.29 is 14.4 Å². The number of imide groups is 1. The Morgan fingerprint density at radius 1 is 0.500 bits per heavy atom. The molecule has 7 aromatic rings. The lowest BCUT2D eigenvalue weighted by Gasteiger charge is -2.15. The summed E-state index contributed by atoms with van der Waals surface area (Å²) < 4.78 is 2.02. The van der Waals surface area contributed by atoms with E-state index in [9.17, 15) is 14.4 Å². The summed E-state index contributed by atoms with van der Waals surface area (Å²) in [5.41, 5.74) is 6.86. The van der Waals surface area contributed by atoms with Gasteiger partial charge in [0.2, 0.25) is 0 Å². The first-order chi connectivity index (χ1) is 21.6. The largest absolute Gasteiger partial charge is 0.308 e. The Kier molecular flexibility index (Phi) is 5.84. The van der Waals surface area contributed by atoms with Crippen LogP contribution in [0, 0.1) is 0 Å². The normalized spacial score (nSPS) is 12.7. The Morgan fingerprint density at radius 3 is 1.93 bits per heavy atom. The van der Waals surface area contributed by atoms with E-state index >= 15 is 0 Å². The number of anilines is 1. The van der Waals surface area contributed by atoms with Gasteiger partial charge in [-0.1, -0.05) is 97.1 Å². The first kappa shape index (κ1) is 25.6. The average molecular weight is 569 g/mol. The van der Waals surface area contributed by atoms with E-state index in [0.29, 0.717) is 33.6 Å². The molecule has 0 N–H and O–H groups in total. The van der Waals surface area contributed by atoms with E-state index in [1.165, 1.54) is 4.90 Å². The maximum atomic E-state index is 14.1. The first-order valence-electron chi connectivity index (χ1n) is 14.4. The minimum atomic E-state index is -0.366. The van der Waals surface area contributed by atoms with Crippen LogP contribution in [0.15, 0.2) is 146 Å². The molecule has 0 saturated heterocycles. The van der Waals surface area contributed by atoms with Gasteiger partial charge in [-0.05, 0) is 59.7 Å². The van der Waals surface area contributed by atoms with Crippen molar-refractivity contribution in [1.29, 1.82) is 0 Å². The van der Waals surface area contributed by atoms with Crippen molar-refractivity contribution in [2.75, 3.05) is 4.90 Å². The summed E-state index contributed by atoms with van der Waals surface area (Å²) in [6, 6.07) is 45.7. The van der Waals surface area contributed by atoms with Crippen molar-refractivity contribution in [2.24, 2.45) is 0 Å². The van der Waals surface area contributed by atoms with Gasteiger partial charge in [-0.15, -0.1) is 0 Å². The fraction of sp³-hybridized carbons (Fsp3) is 0. The highest BCUT2D eigenvalue weighted by Gasteiger charge is 2.39. The number of ketones is 1. The van der Waals surface area contributed by atoms with Gasteiger partial charge in [-0.25, -0.2) is 4.90 Å². The second-order valence-corrected chi connectivity index (χ2v) is 10.8. The first-order valence-corrected chi connectivity index (χ1v) is 14.4. The summed E-state index contributed by atoms with van der Waals surface area (Å²) in [4.78, 5) is 42.4. The monoisotopic (exact) mass is 568 g/mol. The van der Waals surface area contributed by atoms with Gasteiger partial charge in [0.15, 0.2) is 5.78 Å². The van der Waals surface area contributed by atoms with Crippen molar-refractivity contribution >= 4 is 45.1 Å². The minimum absolute atomic E-state index is 0.0559. The highest BCUT2D eigenvalue weighted by atomic mass is 16.2. The molecular weight excluding hydrogens is 544 g/mol. The number of amides is 2. The second kappa shape index (κ2) is 10.0. The van der Waals surface area contributed by atoms with Crippen LogP contribution in [0.3, 0.4) is 0 Å². The predicted molar refractivity (Wildman–Crippen MR) is 174 cm³/mol. The molecule has 5 nitrogen and oxygen atoms in total. The smallest absolute Gasteiger partial charge is 0.268 e. The summed E-state index contributed by atoms with van der Waals surface area (Å²) in [6.07, 6.45) is 0. The molecule has 1 aliphatic heterocycles. The zero-order chi connectivity index (χ0) is 29.8. The maximum Gasteiger partial charge on any atom is 0.268 e. The van der Waals surface area contributed by atoms with Crippen LogP contribution in [-0.4, -0.2) is 22.2 Å². The molecule has 1 aliphatic rings. The molecule has 44 heavy (non-hydrogen) atoms. The van der Waals surface area contributed by atoms with Crippen molar-refractivity contribution in [3.63, 3.8) is 0 Å². The van der Waals surface area contributed by atoms with Gasteiger partial charge in [-0.3, -0.25) is 14.4 Å². The summed E-state index contributed by atoms with van der Waals surface area (Å²) >= 11 is 0. The average Bonchev–Trinajstić information content (AvgIpc) is 3.55. The van der Waals surface area contributed by atoms with Crippen molar-refractivity contribution in [3.05, 3.63) is 168 Å². The summed E-state index contributed by atoms with van der Waals surface area (Å²) in [6.45, 7) is 0. The number of hydrogen-bond acceptors (Lipinski definition) is 3. The maximum absolute atomic E-state index is 14.1. The Labute approximate surface area is 253 Å². The lowest BCUT2D eigenvalue weighted by Crippen LogP contribution is -2.29. The number of benzene rings is 6. The number of carbonyl (C=O) groups excluding carboxylic acids is 3. The van der Waals surface area contributed by atoms with Crippen molar-refractivity contribution in [3.8, 4) is 16.8 Å². The van der Waals surface area contributed by atoms with E-state index in [0.717, 1.165) is 32.9 Å². The molecule has 8 rings (SSSR count). The van der Waals surface area contributed by atoms with E-state index in [1.54, 1.807) is 6.07 Å². The fourth-order valence-corrected chi connectivity index (χ4v) is 6.25. The van der Waals surface area contributed by atoms with Crippen LogP contribution in [0.5, 0.6) is 0 Å². The number of aromatic nitrogens is 1. The third-order valence-corrected chi connectivity index (χ3v) is 8.34. The molecule has 2 amide bonds. The summed E-state index contributed by atoms with van der Waals surface area (Å²) in [5.74, 6) is -0.773. The topological polar surface area (TPSA) is 59.4 Å². The molecule has 1 aromatic heterocycles. The van der Waals surface area contributed by atoms with Gasteiger partial charge >= 0.3 is 0 Å². The van der Waals surface area contributed by atoms with Crippen molar-refractivity contribution in [2.45, 2.75) is 0 Å². The number of fused-ring (bicyclic) bond motifs is 4. The molecule has 6 aromatic carbocycles. The molecular formula is C39H24N2O3. The third-order valence-electron chi connectivity index (χ3n) is 8.34. The van der Waals surface area contributed by atoms with E-state index in [1.807, 2.05) is 144 Å². The van der Waals surface area contributed by atoms with Crippen LogP contribution >= 0.6 is 0 Å². The number of para-hydroxylation sites is 1. The Bertz CT molecular complexity index is 2270. The molecule has 0 fully saturated rings. The van der Waals surface area contributed by atoms with Crippen LogP contribution in [0.4, 0.5) is 5.69 Å². The molecule has 0 atom stereocenters. The van der Waals surface area contributed by atoms with E-state index in [2.05, 4.69) is 0 Å². The molecule has 0 unspecified atom stereocenters. The molecule has 0 aliphatic carbocycles. The van der Waals surface area contributed by atoms with Crippen LogP contribution in [0.25, 0.3) is 38.6 Å². The Morgan fingerprint density at radius 2 is 1.16 bits per heavy atom. The number of hydrogen-bond donors (Lipinski definition) is 0. The highest BCUT2D eigenvalue weighted by molar-refractivity contribution is 6.35. The Hall–Kier alpha value is -6.07. The van der Waals surface area contributed by atoms with Gasteiger partial charge in [-0.2, -0.15) is 0 Å².